The first-order valence-electron chi connectivity index (χ1n) is 7.52. The molecule has 2 atom stereocenters. The minimum absolute atomic E-state index is 0.0602. The number of carbonyl (C=O) groups excluding carboxylic acids is 1. The van der Waals surface area contributed by atoms with Crippen molar-refractivity contribution < 1.29 is 9.53 Å². The van der Waals surface area contributed by atoms with Crippen molar-refractivity contribution in [3.63, 3.8) is 0 Å². The second kappa shape index (κ2) is 7.27. The summed E-state index contributed by atoms with van der Waals surface area (Å²) in [4.78, 5) is 16.6. The topological polar surface area (TPSA) is 44.8 Å². The number of carbonyl (C=O) groups is 1. The Bertz CT molecular complexity index is 303. The third kappa shape index (κ3) is 5.29. The van der Waals surface area contributed by atoms with Crippen LogP contribution in [0.5, 0.6) is 0 Å². The molecule has 0 aromatic rings. The average molecular weight is 285 g/mol. The number of piperazine rings is 1. The number of ether oxygens (including phenoxy) is 1. The quantitative estimate of drug-likeness (QED) is 0.856. The molecule has 0 aliphatic carbocycles. The van der Waals surface area contributed by atoms with Crippen LogP contribution in [-0.2, 0) is 4.74 Å². The molecule has 2 amide bonds. The van der Waals surface area contributed by atoms with Crippen molar-refractivity contribution in [1.29, 1.82) is 0 Å². The molecule has 0 bridgehead atoms. The number of hydrogen-bond acceptors (Lipinski definition) is 3. The summed E-state index contributed by atoms with van der Waals surface area (Å²) >= 11 is 0. The molecule has 2 unspecified atom stereocenters. The standard InChI is InChI=1S/C15H31N3O2/c1-12-9-17(14(19)16-11-15(3,4)5)10-13(2)18(12)7-8-20-6/h12-13H,7-11H2,1-6H3,(H,16,19). The monoisotopic (exact) mass is 285 g/mol. The highest BCUT2D eigenvalue weighted by Gasteiger charge is 2.31. The first kappa shape index (κ1) is 17.2. The van der Waals surface area contributed by atoms with Crippen LogP contribution in [0, 0.1) is 5.41 Å². The largest absolute Gasteiger partial charge is 0.383 e. The van der Waals surface area contributed by atoms with Gasteiger partial charge in [-0.3, -0.25) is 4.90 Å². The highest BCUT2D eigenvalue weighted by Crippen LogP contribution is 2.16. The first-order chi connectivity index (χ1) is 9.24. The molecule has 0 saturated carbocycles. The van der Waals surface area contributed by atoms with Crippen molar-refractivity contribution in [2.24, 2.45) is 5.41 Å². The lowest BCUT2D eigenvalue weighted by molar-refractivity contribution is 0.0345. The van der Waals surface area contributed by atoms with E-state index in [1.54, 1.807) is 7.11 Å². The molecular formula is C15H31N3O2. The molecule has 1 saturated heterocycles. The van der Waals surface area contributed by atoms with Gasteiger partial charge in [0.05, 0.1) is 6.61 Å². The van der Waals surface area contributed by atoms with Crippen molar-refractivity contribution in [2.45, 2.75) is 46.7 Å². The Kier molecular flexibility index (Phi) is 6.27. The number of nitrogens with zero attached hydrogens (tertiary/aromatic N) is 2. The molecule has 1 aliphatic heterocycles. The number of urea groups is 1. The number of nitrogens with one attached hydrogen (secondary N) is 1. The molecule has 1 heterocycles. The summed E-state index contributed by atoms with van der Waals surface area (Å²) in [6.07, 6.45) is 0. The van der Waals surface area contributed by atoms with Crippen LogP contribution in [0.2, 0.25) is 0 Å². The summed E-state index contributed by atoms with van der Waals surface area (Å²) in [5, 5.41) is 3.04. The van der Waals surface area contributed by atoms with Crippen LogP contribution in [-0.4, -0.2) is 67.8 Å². The summed E-state index contributed by atoms with van der Waals surface area (Å²) in [7, 11) is 1.73. The fourth-order valence-corrected chi connectivity index (χ4v) is 2.61. The molecule has 0 radical (unpaired) electrons. The molecule has 0 aromatic carbocycles. The number of methoxy groups -OCH3 is 1. The van der Waals surface area contributed by atoms with Gasteiger partial charge in [-0.2, -0.15) is 0 Å². The normalized spacial score (nSPS) is 24.8. The van der Waals surface area contributed by atoms with Gasteiger partial charge in [0.25, 0.3) is 0 Å². The highest BCUT2D eigenvalue weighted by atomic mass is 16.5. The molecule has 5 nitrogen and oxygen atoms in total. The molecule has 5 heteroatoms. The van der Waals surface area contributed by atoms with Crippen molar-refractivity contribution >= 4 is 6.03 Å². The van der Waals surface area contributed by atoms with Gasteiger partial charge in [0, 0.05) is 45.4 Å². The molecule has 1 fully saturated rings. The van der Waals surface area contributed by atoms with Crippen LogP contribution in [0.4, 0.5) is 4.79 Å². The number of hydrogen-bond donors (Lipinski definition) is 1. The van der Waals surface area contributed by atoms with Gasteiger partial charge in [0.15, 0.2) is 0 Å². The Labute approximate surface area is 123 Å². The predicted octanol–water partition coefficient (Wildman–Crippen LogP) is 1.78. The molecule has 1 aliphatic rings. The van der Waals surface area contributed by atoms with E-state index < -0.39 is 0 Å². The molecule has 20 heavy (non-hydrogen) atoms. The van der Waals surface area contributed by atoms with Gasteiger partial charge in [-0.1, -0.05) is 20.8 Å². The van der Waals surface area contributed by atoms with E-state index in [1.165, 1.54) is 0 Å². The molecule has 0 spiro atoms. The Morgan fingerprint density at radius 1 is 1.25 bits per heavy atom. The Hall–Kier alpha value is -0.810. The molecule has 1 rings (SSSR count). The summed E-state index contributed by atoms with van der Waals surface area (Å²) in [5.41, 5.74) is 0.118. The zero-order valence-corrected chi connectivity index (χ0v) is 13.9. The van der Waals surface area contributed by atoms with E-state index in [-0.39, 0.29) is 11.4 Å². The van der Waals surface area contributed by atoms with Crippen LogP contribution < -0.4 is 5.32 Å². The molecule has 118 valence electrons. The summed E-state index contributed by atoms with van der Waals surface area (Å²) in [6, 6.07) is 0.800. The van der Waals surface area contributed by atoms with Crippen LogP contribution >= 0.6 is 0 Å². The summed E-state index contributed by atoms with van der Waals surface area (Å²) in [5.74, 6) is 0. The Morgan fingerprint density at radius 3 is 2.25 bits per heavy atom. The third-order valence-corrected chi connectivity index (χ3v) is 3.71. The highest BCUT2D eigenvalue weighted by molar-refractivity contribution is 5.74. The smallest absolute Gasteiger partial charge is 0.317 e. The van der Waals surface area contributed by atoms with Crippen molar-refractivity contribution in [3.8, 4) is 0 Å². The van der Waals surface area contributed by atoms with Crippen LogP contribution in [0.1, 0.15) is 34.6 Å². The van der Waals surface area contributed by atoms with E-state index in [4.69, 9.17) is 4.74 Å². The van der Waals surface area contributed by atoms with Crippen LogP contribution in [0.3, 0.4) is 0 Å². The third-order valence-electron chi connectivity index (χ3n) is 3.71. The Balaban J connectivity index is 2.49. The van der Waals surface area contributed by atoms with E-state index in [0.29, 0.717) is 18.6 Å². The second-order valence-electron chi connectivity index (χ2n) is 7.05. The van der Waals surface area contributed by atoms with Crippen LogP contribution in [0.15, 0.2) is 0 Å². The van der Waals surface area contributed by atoms with E-state index in [0.717, 1.165) is 26.2 Å². The lowest BCUT2D eigenvalue weighted by Crippen LogP contribution is -2.60. The first-order valence-corrected chi connectivity index (χ1v) is 7.52. The number of rotatable bonds is 4. The summed E-state index contributed by atoms with van der Waals surface area (Å²) < 4.78 is 5.16. The predicted molar refractivity (Wildman–Crippen MR) is 81.9 cm³/mol. The van der Waals surface area contributed by atoms with Crippen LogP contribution in [0.25, 0.3) is 0 Å². The van der Waals surface area contributed by atoms with E-state index >= 15 is 0 Å². The SMILES string of the molecule is COCCN1C(C)CN(C(=O)NCC(C)(C)C)CC1C. The van der Waals surface area contributed by atoms with Gasteiger partial charge in [-0.25, -0.2) is 4.79 Å². The minimum Gasteiger partial charge on any atom is -0.383 e. The fourth-order valence-electron chi connectivity index (χ4n) is 2.61. The second-order valence-corrected chi connectivity index (χ2v) is 7.05. The van der Waals surface area contributed by atoms with E-state index in [2.05, 4.69) is 44.8 Å². The lowest BCUT2D eigenvalue weighted by Gasteiger charge is -2.44. The van der Waals surface area contributed by atoms with E-state index in [1.807, 2.05) is 4.90 Å². The van der Waals surface area contributed by atoms with Crippen molar-refractivity contribution in [2.75, 3.05) is 39.9 Å². The zero-order valence-electron chi connectivity index (χ0n) is 13.9. The number of amides is 2. The Morgan fingerprint density at radius 2 is 1.80 bits per heavy atom. The maximum absolute atomic E-state index is 12.2. The van der Waals surface area contributed by atoms with Gasteiger partial charge in [-0.15, -0.1) is 0 Å². The fraction of sp³-hybridized carbons (Fsp3) is 0.933. The maximum Gasteiger partial charge on any atom is 0.317 e. The van der Waals surface area contributed by atoms with Gasteiger partial charge in [0.1, 0.15) is 0 Å². The van der Waals surface area contributed by atoms with Crippen molar-refractivity contribution in [3.05, 3.63) is 0 Å². The molecule has 0 aromatic heterocycles. The summed E-state index contributed by atoms with van der Waals surface area (Å²) in [6.45, 7) is 14.7. The van der Waals surface area contributed by atoms with E-state index in [9.17, 15) is 4.79 Å². The molecular weight excluding hydrogens is 254 g/mol. The van der Waals surface area contributed by atoms with Crippen molar-refractivity contribution in [1.82, 2.24) is 15.1 Å². The van der Waals surface area contributed by atoms with Gasteiger partial charge in [0.2, 0.25) is 0 Å². The zero-order chi connectivity index (χ0) is 15.3. The van der Waals surface area contributed by atoms with Gasteiger partial charge in [-0.05, 0) is 19.3 Å². The average Bonchev–Trinajstić information content (AvgIpc) is 2.34. The lowest BCUT2D eigenvalue weighted by atomic mass is 9.97. The maximum atomic E-state index is 12.2. The molecule has 1 N–H and O–H groups in total. The van der Waals surface area contributed by atoms with Gasteiger partial charge < -0.3 is 15.0 Å². The minimum atomic E-state index is 0.0602. The van der Waals surface area contributed by atoms with Gasteiger partial charge >= 0.3 is 6.03 Å².